The number of H-pyrrole nitrogens is 1. The van der Waals surface area contributed by atoms with Crippen LogP contribution in [0.3, 0.4) is 0 Å². The molecule has 4 aliphatic carbocycles. The highest BCUT2D eigenvalue weighted by atomic mass is 16.3. The van der Waals surface area contributed by atoms with E-state index in [9.17, 15) is 10.2 Å². The number of nitrogens with one attached hydrogen (secondary N) is 3. The minimum Gasteiger partial charge on any atom is -0.508 e. The molecule has 7 nitrogen and oxygen atoms in total. The number of rotatable bonds is 3. The molecule has 7 N–H and O–H groups in total. The number of guanidine groups is 1. The molecule has 0 radical (unpaired) electrons. The number of hydrogen-bond acceptors (Lipinski definition) is 4. The summed E-state index contributed by atoms with van der Waals surface area (Å²) in [7, 11) is 0. The second-order valence-corrected chi connectivity index (χ2v) is 11.7. The van der Waals surface area contributed by atoms with Gasteiger partial charge in [0, 0.05) is 52.6 Å². The molecule has 7 heteroatoms. The third-order valence-electron chi connectivity index (χ3n) is 10.00. The molecule has 0 amide bonds. The number of aromatic amines is 1. The van der Waals surface area contributed by atoms with Crippen LogP contribution in [0.4, 0.5) is 5.69 Å². The van der Waals surface area contributed by atoms with E-state index in [4.69, 9.17) is 11.1 Å². The van der Waals surface area contributed by atoms with Crippen molar-refractivity contribution in [1.29, 1.82) is 5.41 Å². The van der Waals surface area contributed by atoms with Crippen LogP contribution in [-0.4, -0.2) is 50.8 Å². The van der Waals surface area contributed by atoms with Crippen LogP contribution >= 0.6 is 0 Å². The zero-order valence-electron chi connectivity index (χ0n) is 19.7. The number of fused-ring (bicyclic) bond motifs is 4. The Kier molecular flexibility index (Phi) is 3.69. The van der Waals surface area contributed by atoms with Crippen LogP contribution in [0.15, 0.2) is 30.3 Å². The molecular weight excluding hydrogens is 438 g/mol. The van der Waals surface area contributed by atoms with E-state index in [-0.39, 0.29) is 23.3 Å². The molecule has 8 rings (SSSR count). The summed E-state index contributed by atoms with van der Waals surface area (Å²) in [6, 6.07) is 10.1. The number of aromatic nitrogens is 1. The van der Waals surface area contributed by atoms with Crippen LogP contribution in [0.25, 0.3) is 10.9 Å². The van der Waals surface area contributed by atoms with Gasteiger partial charge in [-0.05, 0) is 91.1 Å². The quantitative estimate of drug-likeness (QED) is 0.260. The molecule has 3 aromatic rings. The highest BCUT2D eigenvalue weighted by molar-refractivity contribution is 5.95. The highest BCUT2D eigenvalue weighted by Gasteiger charge is 2.71. The molecule has 1 aliphatic heterocycles. The van der Waals surface area contributed by atoms with Gasteiger partial charge in [-0.1, -0.05) is 6.07 Å². The summed E-state index contributed by atoms with van der Waals surface area (Å²) in [4.78, 5) is 6.33. The number of aromatic hydroxyl groups is 1. The van der Waals surface area contributed by atoms with Gasteiger partial charge in [-0.3, -0.25) is 10.3 Å². The maximum absolute atomic E-state index is 12.9. The summed E-state index contributed by atoms with van der Waals surface area (Å²) in [5, 5.41) is 35.5. The van der Waals surface area contributed by atoms with Crippen molar-refractivity contribution < 1.29 is 10.2 Å². The predicted octanol–water partition coefficient (Wildman–Crippen LogP) is 3.08. The van der Waals surface area contributed by atoms with Crippen molar-refractivity contribution in [2.75, 3.05) is 18.4 Å². The molecule has 1 saturated carbocycles. The summed E-state index contributed by atoms with van der Waals surface area (Å²) in [5.74, 6) is 1.18. The first-order chi connectivity index (χ1) is 16.9. The van der Waals surface area contributed by atoms with E-state index in [1.807, 2.05) is 18.2 Å². The smallest absolute Gasteiger partial charge is 0.190 e. The molecule has 35 heavy (non-hydrogen) atoms. The van der Waals surface area contributed by atoms with Crippen molar-refractivity contribution in [3.63, 3.8) is 0 Å². The number of likely N-dealkylation sites (tertiary alicyclic amines) is 1. The second-order valence-electron chi connectivity index (χ2n) is 11.7. The zero-order chi connectivity index (χ0) is 23.7. The molecule has 2 fully saturated rings. The van der Waals surface area contributed by atoms with E-state index >= 15 is 0 Å². The second kappa shape index (κ2) is 6.39. The highest BCUT2D eigenvalue weighted by Crippen LogP contribution is 2.68. The SMILES string of the molecule is N=C(N)Nc1ccc2[nH]c3c(c2c1)C[C@@]1(O)C2Cc4ccc(O)c5c4[C@@]1(CCN2CC1CC1)[C@H]3C5. The lowest BCUT2D eigenvalue weighted by Crippen LogP contribution is -2.74. The molecule has 2 bridgehead atoms. The van der Waals surface area contributed by atoms with Crippen LogP contribution < -0.4 is 11.1 Å². The Morgan fingerprint density at radius 2 is 2.06 bits per heavy atom. The molecule has 2 heterocycles. The van der Waals surface area contributed by atoms with Crippen molar-refractivity contribution in [1.82, 2.24) is 9.88 Å². The summed E-state index contributed by atoms with van der Waals surface area (Å²) >= 11 is 0. The minimum atomic E-state index is -0.886. The van der Waals surface area contributed by atoms with Crippen molar-refractivity contribution in [2.24, 2.45) is 11.7 Å². The van der Waals surface area contributed by atoms with E-state index in [1.165, 1.54) is 35.2 Å². The summed E-state index contributed by atoms with van der Waals surface area (Å²) in [6.45, 7) is 2.10. The Hall–Kier alpha value is -3.03. The Labute approximate surface area is 203 Å². The lowest BCUT2D eigenvalue weighted by molar-refractivity contribution is -0.157. The molecule has 2 aromatic carbocycles. The number of phenolic OH excluding ortho intramolecular Hbond substituents is 1. The van der Waals surface area contributed by atoms with E-state index in [0.29, 0.717) is 12.2 Å². The number of nitrogens with zero attached hydrogens (tertiary/aromatic N) is 1. The first kappa shape index (κ1) is 20.2. The fraction of sp³-hybridized carbons (Fsp3) is 0.464. The van der Waals surface area contributed by atoms with Crippen molar-refractivity contribution >= 4 is 22.5 Å². The molecule has 1 spiro atoms. The van der Waals surface area contributed by atoms with Crippen LogP contribution in [0.5, 0.6) is 5.75 Å². The summed E-state index contributed by atoms with van der Waals surface area (Å²) < 4.78 is 0. The molecule has 1 unspecified atom stereocenters. The van der Waals surface area contributed by atoms with Gasteiger partial charge >= 0.3 is 0 Å². The number of aliphatic hydroxyl groups is 1. The van der Waals surface area contributed by atoms with Crippen LogP contribution in [0, 0.1) is 11.3 Å². The number of hydrogen-bond donors (Lipinski definition) is 6. The zero-order valence-corrected chi connectivity index (χ0v) is 19.7. The van der Waals surface area contributed by atoms with Crippen molar-refractivity contribution in [2.45, 2.75) is 61.5 Å². The predicted molar refractivity (Wildman–Crippen MR) is 135 cm³/mol. The Balaban J connectivity index is 1.37. The molecule has 180 valence electrons. The number of phenols is 1. The Bertz CT molecular complexity index is 1440. The van der Waals surface area contributed by atoms with E-state index in [2.05, 4.69) is 27.3 Å². The number of benzene rings is 2. The molecule has 1 aromatic heterocycles. The van der Waals surface area contributed by atoms with Gasteiger partial charge in [0.1, 0.15) is 5.75 Å². The fourth-order valence-electron chi connectivity index (χ4n) is 8.52. The van der Waals surface area contributed by atoms with Gasteiger partial charge in [0.25, 0.3) is 0 Å². The Morgan fingerprint density at radius 3 is 2.86 bits per heavy atom. The maximum Gasteiger partial charge on any atom is 0.190 e. The molecular formula is C28H31N5O2. The van der Waals surface area contributed by atoms with Crippen molar-refractivity contribution in [3.05, 3.63) is 58.3 Å². The van der Waals surface area contributed by atoms with Gasteiger partial charge in [-0.2, -0.15) is 0 Å². The van der Waals surface area contributed by atoms with E-state index in [1.54, 1.807) is 0 Å². The number of piperidine rings is 1. The molecule has 4 atom stereocenters. The van der Waals surface area contributed by atoms with Crippen molar-refractivity contribution in [3.8, 4) is 5.75 Å². The van der Waals surface area contributed by atoms with E-state index < -0.39 is 5.60 Å². The van der Waals surface area contributed by atoms with Crippen LogP contribution in [0.1, 0.15) is 53.1 Å². The van der Waals surface area contributed by atoms with Gasteiger partial charge < -0.3 is 26.2 Å². The van der Waals surface area contributed by atoms with Gasteiger partial charge in [0.05, 0.1) is 5.60 Å². The standard InChI is InChI=1S/C28H31N5O2/c29-26(30)31-16-4-5-21-17(10-16)19-12-28(35)23-9-15-3-6-22(34)18-11-20(25(19)32-21)27(28,24(15)18)7-8-33(23)13-14-1-2-14/h3-6,10,14,20,23,32,34-35H,1-2,7-9,11-13H2,(H4,29,30,31)/t20-,23?,27+,28+/m0/s1. The monoisotopic (exact) mass is 469 g/mol. The Morgan fingerprint density at radius 1 is 1.20 bits per heavy atom. The summed E-state index contributed by atoms with van der Waals surface area (Å²) in [5.41, 5.74) is 12.2. The van der Waals surface area contributed by atoms with Crippen LogP contribution in [-0.2, 0) is 24.7 Å². The van der Waals surface area contributed by atoms with Gasteiger partial charge in [0.2, 0.25) is 0 Å². The van der Waals surface area contributed by atoms with E-state index in [0.717, 1.165) is 60.4 Å². The number of anilines is 1. The first-order valence-corrected chi connectivity index (χ1v) is 13.0. The van der Waals surface area contributed by atoms with Gasteiger partial charge in [0.15, 0.2) is 5.96 Å². The third kappa shape index (κ3) is 2.40. The largest absolute Gasteiger partial charge is 0.508 e. The van der Waals surface area contributed by atoms with Gasteiger partial charge in [-0.25, -0.2) is 0 Å². The third-order valence-corrected chi connectivity index (χ3v) is 10.00. The molecule has 5 aliphatic rings. The first-order valence-electron chi connectivity index (χ1n) is 13.0. The molecule has 1 saturated heterocycles. The average Bonchev–Trinajstić information content (AvgIpc) is 3.46. The average molecular weight is 470 g/mol. The lowest BCUT2D eigenvalue weighted by atomic mass is 9.48. The minimum absolute atomic E-state index is 0.0824. The number of nitrogens with two attached hydrogens (primary N) is 1. The lowest BCUT2D eigenvalue weighted by Gasteiger charge is -2.64. The normalized spacial score (nSPS) is 32.4. The fourth-order valence-corrected chi connectivity index (χ4v) is 8.52. The van der Waals surface area contributed by atoms with Crippen LogP contribution in [0.2, 0.25) is 0 Å². The topological polar surface area (TPSA) is 121 Å². The maximum atomic E-state index is 12.9. The van der Waals surface area contributed by atoms with Gasteiger partial charge in [-0.15, -0.1) is 0 Å². The summed E-state index contributed by atoms with van der Waals surface area (Å²) in [6.07, 6.45) is 5.74.